The monoisotopic (exact) mass is 289 g/mol. The fraction of sp³-hybridized carbons (Fsp3) is 0.100. The molecule has 3 aromatic rings. The smallest absolute Gasteiger partial charge is 0.127 e. The number of benzene rings is 3. The van der Waals surface area contributed by atoms with E-state index in [0.717, 1.165) is 28.1 Å². The van der Waals surface area contributed by atoms with Gasteiger partial charge in [0.25, 0.3) is 0 Å². The molecule has 2 N–H and O–H groups in total. The summed E-state index contributed by atoms with van der Waals surface area (Å²) in [6.07, 6.45) is 0. The predicted molar refractivity (Wildman–Crippen MR) is 91.8 cm³/mol. The fourth-order valence-corrected chi connectivity index (χ4v) is 2.49. The molecule has 0 heterocycles. The quantitative estimate of drug-likeness (QED) is 0.699. The van der Waals surface area contributed by atoms with E-state index in [-0.39, 0.29) is 0 Å². The minimum Gasteiger partial charge on any atom is -0.488 e. The van der Waals surface area contributed by atoms with Crippen LogP contribution in [0.25, 0.3) is 11.1 Å². The molecule has 0 amide bonds. The molecule has 0 spiro atoms. The maximum absolute atomic E-state index is 6.03. The van der Waals surface area contributed by atoms with Gasteiger partial charge in [0.15, 0.2) is 0 Å². The van der Waals surface area contributed by atoms with Gasteiger partial charge < -0.3 is 10.5 Å². The minimum atomic E-state index is 0.545. The Morgan fingerprint density at radius 1 is 0.818 bits per heavy atom. The molecular weight excluding hydrogens is 270 g/mol. The second-order valence-corrected chi connectivity index (χ2v) is 5.34. The van der Waals surface area contributed by atoms with Crippen LogP contribution in [0.15, 0.2) is 72.8 Å². The number of ether oxygens (including phenoxy) is 1. The Kier molecular flexibility index (Phi) is 4.10. The number of anilines is 1. The van der Waals surface area contributed by atoms with Crippen molar-refractivity contribution in [1.29, 1.82) is 0 Å². The third-order valence-electron chi connectivity index (χ3n) is 3.68. The van der Waals surface area contributed by atoms with Gasteiger partial charge in [-0.25, -0.2) is 0 Å². The molecule has 110 valence electrons. The third kappa shape index (κ3) is 3.12. The molecule has 0 fully saturated rings. The van der Waals surface area contributed by atoms with Gasteiger partial charge in [0.1, 0.15) is 12.4 Å². The Hall–Kier alpha value is -2.74. The number of hydrogen-bond donors (Lipinski definition) is 1. The zero-order valence-electron chi connectivity index (χ0n) is 12.6. The highest BCUT2D eigenvalue weighted by Crippen LogP contribution is 2.34. The van der Waals surface area contributed by atoms with Gasteiger partial charge in [0, 0.05) is 11.3 Å². The summed E-state index contributed by atoms with van der Waals surface area (Å²) < 4.78 is 6.03. The number of hydrogen-bond acceptors (Lipinski definition) is 2. The summed E-state index contributed by atoms with van der Waals surface area (Å²) in [5, 5.41) is 0. The fourth-order valence-electron chi connectivity index (χ4n) is 2.49. The van der Waals surface area contributed by atoms with E-state index in [1.165, 1.54) is 5.56 Å². The van der Waals surface area contributed by atoms with E-state index in [2.05, 4.69) is 31.2 Å². The second-order valence-electron chi connectivity index (χ2n) is 5.34. The molecule has 0 aliphatic rings. The van der Waals surface area contributed by atoms with E-state index < -0.39 is 0 Å². The molecule has 3 rings (SSSR count). The number of nitrogen functional groups attached to an aromatic ring is 1. The molecule has 0 saturated carbocycles. The predicted octanol–water partition coefficient (Wildman–Crippen LogP) is 4.82. The molecule has 0 bridgehead atoms. The van der Waals surface area contributed by atoms with E-state index in [1.54, 1.807) is 0 Å². The van der Waals surface area contributed by atoms with Gasteiger partial charge in [-0.1, -0.05) is 54.6 Å². The molecule has 22 heavy (non-hydrogen) atoms. The largest absolute Gasteiger partial charge is 0.488 e. The van der Waals surface area contributed by atoms with Crippen LogP contribution in [-0.2, 0) is 6.61 Å². The molecule has 0 aromatic heterocycles. The van der Waals surface area contributed by atoms with Gasteiger partial charge in [0.2, 0.25) is 0 Å². The van der Waals surface area contributed by atoms with Crippen LogP contribution < -0.4 is 10.5 Å². The summed E-state index contributed by atoms with van der Waals surface area (Å²) in [4.78, 5) is 0. The van der Waals surface area contributed by atoms with Crippen molar-refractivity contribution in [3.05, 3.63) is 83.9 Å². The SMILES string of the molecule is Cc1ccccc1-c1cc(N)ccc1OCc1ccccc1. The van der Waals surface area contributed by atoms with Crippen molar-refractivity contribution in [2.75, 3.05) is 5.73 Å². The van der Waals surface area contributed by atoms with Gasteiger partial charge >= 0.3 is 0 Å². The average molecular weight is 289 g/mol. The van der Waals surface area contributed by atoms with Crippen molar-refractivity contribution in [2.24, 2.45) is 0 Å². The van der Waals surface area contributed by atoms with Gasteiger partial charge in [-0.15, -0.1) is 0 Å². The Morgan fingerprint density at radius 2 is 1.55 bits per heavy atom. The average Bonchev–Trinajstić information content (AvgIpc) is 2.55. The van der Waals surface area contributed by atoms with E-state index in [9.17, 15) is 0 Å². The Balaban J connectivity index is 1.93. The number of rotatable bonds is 4. The van der Waals surface area contributed by atoms with Crippen LogP contribution in [0.3, 0.4) is 0 Å². The first-order valence-corrected chi connectivity index (χ1v) is 7.36. The molecule has 0 unspecified atom stereocenters. The van der Waals surface area contributed by atoms with Crippen molar-refractivity contribution < 1.29 is 4.74 Å². The lowest BCUT2D eigenvalue weighted by atomic mass is 9.99. The highest BCUT2D eigenvalue weighted by Gasteiger charge is 2.09. The van der Waals surface area contributed by atoms with Gasteiger partial charge in [0.05, 0.1) is 0 Å². The molecule has 3 aromatic carbocycles. The number of aryl methyl sites for hydroxylation is 1. The van der Waals surface area contributed by atoms with E-state index in [4.69, 9.17) is 10.5 Å². The maximum atomic E-state index is 6.03. The molecule has 2 heteroatoms. The summed E-state index contributed by atoms with van der Waals surface area (Å²) in [6, 6.07) is 24.2. The summed E-state index contributed by atoms with van der Waals surface area (Å²) >= 11 is 0. The second kappa shape index (κ2) is 6.35. The van der Waals surface area contributed by atoms with Crippen molar-refractivity contribution in [3.63, 3.8) is 0 Å². The highest BCUT2D eigenvalue weighted by molar-refractivity contribution is 5.76. The molecule has 0 saturated heterocycles. The lowest BCUT2D eigenvalue weighted by molar-refractivity contribution is 0.307. The van der Waals surface area contributed by atoms with Crippen LogP contribution in [0.4, 0.5) is 5.69 Å². The Morgan fingerprint density at radius 3 is 2.32 bits per heavy atom. The molecule has 0 atom stereocenters. The van der Waals surface area contributed by atoms with Gasteiger partial charge in [-0.2, -0.15) is 0 Å². The molecular formula is C20H19NO. The van der Waals surface area contributed by atoms with Gasteiger partial charge in [-0.3, -0.25) is 0 Å². The van der Waals surface area contributed by atoms with Crippen molar-refractivity contribution >= 4 is 5.69 Å². The first-order valence-electron chi connectivity index (χ1n) is 7.36. The minimum absolute atomic E-state index is 0.545. The standard InChI is InChI=1S/C20H19NO/c1-15-7-5-6-10-18(15)19-13-17(21)11-12-20(19)22-14-16-8-3-2-4-9-16/h2-13H,14,21H2,1H3. The maximum Gasteiger partial charge on any atom is 0.127 e. The lowest BCUT2D eigenvalue weighted by Gasteiger charge is -2.14. The van der Waals surface area contributed by atoms with Crippen LogP contribution in [0.1, 0.15) is 11.1 Å². The summed E-state index contributed by atoms with van der Waals surface area (Å²) in [5.74, 6) is 0.854. The summed E-state index contributed by atoms with van der Waals surface area (Å²) in [5.41, 5.74) is 11.2. The van der Waals surface area contributed by atoms with Crippen LogP contribution >= 0.6 is 0 Å². The topological polar surface area (TPSA) is 35.2 Å². The lowest BCUT2D eigenvalue weighted by Crippen LogP contribution is -1.98. The van der Waals surface area contributed by atoms with Crippen LogP contribution in [0.5, 0.6) is 5.75 Å². The molecule has 0 radical (unpaired) electrons. The van der Waals surface area contributed by atoms with E-state index in [0.29, 0.717) is 6.61 Å². The highest BCUT2D eigenvalue weighted by atomic mass is 16.5. The van der Waals surface area contributed by atoms with Crippen molar-refractivity contribution in [2.45, 2.75) is 13.5 Å². The number of nitrogens with two attached hydrogens (primary N) is 1. The molecule has 0 aliphatic carbocycles. The first-order chi connectivity index (χ1) is 10.7. The van der Waals surface area contributed by atoms with Crippen LogP contribution in [0, 0.1) is 6.92 Å². The van der Waals surface area contributed by atoms with Crippen LogP contribution in [0.2, 0.25) is 0 Å². The molecule has 2 nitrogen and oxygen atoms in total. The Labute approximate surface area is 131 Å². The Bertz CT molecular complexity index is 766. The van der Waals surface area contributed by atoms with Gasteiger partial charge in [-0.05, 0) is 41.8 Å². The summed E-state index contributed by atoms with van der Waals surface area (Å²) in [6.45, 7) is 2.64. The summed E-state index contributed by atoms with van der Waals surface area (Å²) in [7, 11) is 0. The third-order valence-corrected chi connectivity index (χ3v) is 3.68. The zero-order chi connectivity index (χ0) is 15.4. The first kappa shape index (κ1) is 14.2. The molecule has 0 aliphatic heterocycles. The van der Waals surface area contributed by atoms with Crippen molar-refractivity contribution in [3.8, 4) is 16.9 Å². The van der Waals surface area contributed by atoms with E-state index >= 15 is 0 Å². The van der Waals surface area contributed by atoms with E-state index in [1.807, 2.05) is 48.5 Å². The van der Waals surface area contributed by atoms with Crippen molar-refractivity contribution in [1.82, 2.24) is 0 Å². The van der Waals surface area contributed by atoms with Crippen LogP contribution in [-0.4, -0.2) is 0 Å². The normalized spacial score (nSPS) is 10.4. The zero-order valence-corrected chi connectivity index (χ0v) is 12.6.